The highest BCUT2D eigenvalue weighted by molar-refractivity contribution is 5.81. The quantitative estimate of drug-likeness (QED) is 0.671. The van der Waals surface area contributed by atoms with Gasteiger partial charge in [0.2, 0.25) is 5.91 Å². The highest BCUT2D eigenvalue weighted by atomic mass is 16.5. The molecule has 0 aromatic carbocycles. The number of nitrogens with two attached hydrogens (primary N) is 1. The Morgan fingerprint density at radius 3 is 3.00 bits per heavy atom. The Bertz CT molecular complexity index is 223. The van der Waals surface area contributed by atoms with E-state index in [4.69, 9.17) is 10.5 Å². The van der Waals surface area contributed by atoms with Gasteiger partial charge in [0.15, 0.2) is 0 Å². The Hall–Kier alpha value is -0.650. The summed E-state index contributed by atoms with van der Waals surface area (Å²) in [6.07, 6.45) is 0.764. The van der Waals surface area contributed by atoms with Gasteiger partial charge in [0.1, 0.15) is 0 Å². The van der Waals surface area contributed by atoms with Crippen LogP contribution in [0.5, 0.6) is 0 Å². The van der Waals surface area contributed by atoms with Crippen molar-refractivity contribution in [3.05, 3.63) is 0 Å². The highest BCUT2D eigenvalue weighted by Gasteiger charge is 2.20. The number of hydrogen-bond donors (Lipinski definition) is 2. The molecule has 1 rings (SSSR count). The van der Waals surface area contributed by atoms with Crippen LogP contribution in [0.2, 0.25) is 0 Å². The lowest BCUT2D eigenvalue weighted by Gasteiger charge is -2.32. The zero-order valence-electron chi connectivity index (χ0n) is 10.2. The molecule has 1 aliphatic rings. The summed E-state index contributed by atoms with van der Waals surface area (Å²) in [5.41, 5.74) is 5.62. The van der Waals surface area contributed by atoms with Gasteiger partial charge in [-0.1, -0.05) is 13.8 Å². The molecule has 0 aromatic rings. The average Bonchev–Trinajstić information content (AvgIpc) is 2.35. The second-order valence-corrected chi connectivity index (χ2v) is 4.15. The first kappa shape index (κ1) is 13.4. The van der Waals surface area contributed by atoms with Gasteiger partial charge in [-0.2, -0.15) is 0 Å². The molecule has 0 aromatic heterocycles. The lowest BCUT2D eigenvalue weighted by molar-refractivity contribution is -0.123. The minimum atomic E-state index is -0.397. The molecule has 0 aliphatic carbocycles. The minimum Gasteiger partial charge on any atom is -0.374 e. The van der Waals surface area contributed by atoms with Crippen molar-refractivity contribution in [3.63, 3.8) is 0 Å². The van der Waals surface area contributed by atoms with E-state index in [1.807, 2.05) is 6.92 Å². The van der Waals surface area contributed by atoms with Gasteiger partial charge in [-0.25, -0.2) is 0 Å². The van der Waals surface area contributed by atoms with Crippen LogP contribution in [0.3, 0.4) is 0 Å². The number of rotatable bonds is 5. The molecule has 0 saturated carbocycles. The van der Waals surface area contributed by atoms with Gasteiger partial charge in [0.25, 0.3) is 0 Å². The first-order valence-electron chi connectivity index (χ1n) is 6.04. The molecule has 2 atom stereocenters. The van der Waals surface area contributed by atoms with E-state index in [2.05, 4.69) is 17.1 Å². The van der Waals surface area contributed by atoms with Gasteiger partial charge in [0, 0.05) is 19.6 Å². The maximum absolute atomic E-state index is 11.5. The van der Waals surface area contributed by atoms with E-state index in [0.29, 0.717) is 13.0 Å². The van der Waals surface area contributed by atoms with Crippen molar-refractivity contribution in [2.24, 2.45) is 5.73 Å². The summed E-state index contributed by atoms with van der Waals surface area (Å²) in [7, 11) is 0. The van der Waals surface area contributed by atoms with Crippen LogP contribution in [0.15, 0.2) is 0 Å². The maximum Gasteiger partial charge on any atom is 0.236 e. The standard InChI is InChI=1S/C11H23N3O2/c1-3-10(12)11(15)13-7-9-8-14(4-2)5-6-16-9/h9-10H,3-8,12H2,1-2H3,(H,13,15)/t9?,10-/m0/s1. The SMILES string of the molecule is CC[C@H](N)C(=O)NCC1CN(CC)CCO1. The summed E-state index contributed by atoms with van der Waals surface area (Å²) >= 11 is 0. The Labute approximate surface area is 97.3 Å². The van der Waals surface area contributed by atoms with Crippen molar-refractivity contribution in [1.29, 1.82) is 0 Å². The van der Waals surface area contributed by atoms with Crippen LogP contribution in [-0.2, 0) is 9.53 Å². The first-order valence-corrected chi connectivity index (χ1v) is 6.04. The first-order chi connectivity index (χ1) is 7.67. The summed E-state index contributed by atoms with van der Waals surface area (Å²) in [5.74, 6) is -0.0836. The maximum atomic E-state index is 11.5. The number of morpholine rings is 1. The molecule has 1 amide bonds. The van der Waals surface area contributed by atoms with Gasteiger partial charge in [-0.05, 0) is 13.0 Å². The van der Waals surface area contributed by atoms with Crippen LogP contribution in [0.4, 0.5) is 0 Å². The van der Waals surface area contributed by atoms with E-state index >= 15 is 0 Å². The number of carbonyl (C=O) groups is 1. The molecule has 0 spiro atoms. The van der Waals surface area contributed by atoms with E-state index in [1.54, 1.807) is 0 Å². The van der Waals surface area contributed by atoms with E-state index in [0.717, 1.165) is 26.2 Å². The Balaban J connectivity index is 2.24. The summed E-state index contributed by atoms with van der Waals surface area (Å²) in [4.78, 5) is 13.8. The number of ether oxygens (including phenoxy) is 1. The van der Waals surface area contributed by atoms with Gasteiger partial charge < -0.3 is 15.8 Å². The van der Waals surface area contributed by atoms with Gasteiger partial charge in [-0.3, -0.25) is 9.69 Å². The topological polar surface area (TPSA) is 67.6 Å². The number of carbonyl (C=O) groups excluding carboxylic acids is 1. The predicted octanol–water partition coefficient (Wildman–Crippen LogP) is -0.439. The Morgan fingerprint density at radius 1 is 1.62 bits per heavy atom. The lowest BCUT2D eigenvalue weighted by Crippen LogP contribution is -2.49. The van der Waals surface area contributed by atoms with Crippen molar-refractivity contribution in [3.8, 4) is 0 Å². The second kappa shape index (κ2) is 6.83. The van der Waals surface area contributed by atoms with Crippen molar-refractivity contribution in [1.82, 2.24) is 10.2 Å². The monoisotopic (exact) mass is 229 g/mol. The molecule has 5 heteroatoms. The normalized spacial score (nSPS) is 24.1. The molecular formula is C11H23N3O2. The molecular weight excluding hydrogens is 206 g/mol. The molecule has 5 nitrogen and oxygen atoms in total. The van der Waals surface area contributed by atoms with Gasteiger partial charge in [-0.15, -0.1) is 0 Å². The molecule has 1 fully saturated rings. The molecule has 0 bridgehead atoms. The fourth-order valence-electron chi connectivity index (χ4n) is 1.72. The van der Waals surface area contributed by atoms with Crippen molar-refractivity contribution >= 4 is 5.91 Å². The Morgan fingerprint density at radius 2 is 2.38 bits per heavy atom. The minimum absolute atomic E-state index is 0.0836. The van der Waals surface area contributed by atoms with Crippen LogP contribution in [0, 0.1) is 0 Å². The Kier molecular flexibility index (Phi) is 5.73. The molecule has 1 unspecified atom stereocenters. The third-order valence-corrected chi connectivity index (χ3v) is 2.95. The molecule has 1 saturated heterocycles. The number of hydrogen-bond acceptors (Lipinski definition) is 4. The summed E-state index contributed by atoms with van der Waals surface area (Å²) in [5, 5.41) is 2.83. The van der Waals surface area contributed by atoms with Crippen LogP contribution in [0.25, 0.3) is 0 Å². The second-order valence-electron chi connectivity index (χ2n) is 4.15. The van der Waals surface area contributed by atoms with Crippen molar-refractivity contribution in [2.75, 3.05) is 32.8 Å². The fraction of sp³-hybridized carbons (Fsp3) is 0.909. The molecule has 3 N–H and O–H groups in total. The molecule has 1 aliphatic heterocycles. The van der Waals surface area contributed by atoms with E-state index in [9.17, 15) is 4.79 Å². The smallest absolute Gasteiger partial charge is 0.236 e. The van der Waals surface area contributed by atoms with Crippen LogP contribution in [-0.4, -0.2) is 55.7 Å². The van der Waals surface area contributed by atoms with Gasteiger partial charge >= 0.3 is 0 Å². The van der Waals surface area contributed by atoms with E-state index < -0.39 is 6.04 Å². The average molecular weight is 229 g/mol. The van der Waals surface area contributed by atoms with Crippen molar-refractivity contribution in [2.45, 2.75) is 32.4 Å². The lowest BCUT2D eigenvalue weighted by atomic mass is 10.2. The van der Waals surface area contributed by atoms with Crippen LogP contribution >= 0.6 is 0 Å². The molecule has 1 heterocycles. The zero-order chi connectivity index (χ0) is 12.0. The van der Waals surface area contributed by atoms with Crippen molar-refractivity contribution < 1.29 is 9.53 Å². The molecule has 16 heavy (non-hydrogen) atoms. The van der Waals surface area contributed by atoms with Crippen LogP contribution < -0.4 is 11.1 Å². The summed E-state index contributed by atoms with van der Waals surface area (Å²) < 4.78 is 5.58. The fourth-order valence-corrected chi connectivity index (χ4v) is 1.72. The third-order valence-electron chi connectivity index (χ3n) is 2.95. The molecule has 94 valence electrons. The zero-order valence-corrected chi connectivity index (χ0v) is 10.2. The number of amides is 1. The predicted molar refractivity (Wildman–Crippen MR) is 63.1 cm³/mol. The van der Waals surface area contributed by atoms with E-state index in [-0.39, 0.29) is 12.0 Å². The third kappa shape index (κ3) is 4.08. The number of nitrogens with one attached hydrogen (secondary N) is 1. The van der Waals surface area contributed by atoms with E-state index in [1.165, 1.54) is 0 Å². The molecule has 0 radical (unpaired) electrons. The van der Waals surface area contributed by atoms with Crippen LogP contribution in [0.1, 0.15) is 20.3 Å². The van der Waals surface area contributed by atoms with Gasteiger partial charge in [0.05, 0.1) is 18.8 Å². The summed E-state index contributed by atoms with van der Waals surface area (Å²) in [6.45, 7) is 8.24. The number of likely N-dealkylation sites (N-methyl/N-ethyl adjacent to an activating group) is 1. The largest absolute Gasteiger partial charge is 0.374 e. The summed E-state index contributed by atoms with van der Waals surface area (Å²) in [6, 6.07) is -0.397. The highest BCUT2D eigenvalue weighted by Crippen LogP contribution is 2.03. The number of nitrogens with zero attached hydrogens (tertiary/aromatic N) is 1.